The zero-order valence-electron chi connectivity index (χ0n) is 13.9. The van der Waals surface area contributed by atoms with Crippen molar-refractivity contribution in [1.82, 2.24) is 10.2 Å². The first-order valence-corrected chi connectivity index (χ1v) is 9.89. The number of aromatic nitrogens is 2. The smallest absolute Gasteiger partial charge is 0.257 e. The fourth-order valence-corrected chi connectivity index (χ4v) is 4.03. The summed E-state index contributed by atoms with van der Waals surface area (Å²) in [5.74, 6) is 0.826. The molecule has 0 aliphatic heterocycles. The number of nitrogens with one attached hydrogen (secondary N) is 1. The molecule has 0 fully saturated rings. The maximum atomic E-state index is 12.2. The third-order valence-corrected chi connectivity index (χ3v) is 5.68. The average molecular weight is 370 g/mol. The lowest BCUT2D eigenvalue weighted by Crippen LogP contribution is -2.11. The molecule has 3 aromatic rings. The van der Waals surface area contributed by atoms with Gasteiger partial charge in [0.2, 0.25) is 5.13 Å². The number of carbonyl (C=O) groups excluding carboxylic acids is 1. The first-order valence-electron chi connectivity index (χ1n) is 8.09. The molecule has 0 spiro atoms. The summed E-state index contributed by atoms with van der Waals surface area (Å²) in [6, 6.07) is 17.9. The third kappa shape index (κ3) is 5.41. The maximum absolute atomic E-state index is 12.2. The fraction of sp³-hybridized carbons (Fsp3) is 0.211. The Morgan fingerprint density at radius 3 is 2.60 bits per heavy atom. The van der Waals surface area contributed by atoms with Crippen molar-refractivity contribution in [3.8, 4) is 0 Å². The molecule has 0 saturated carbocycles. The topological polar surface area (TPSA) is 54.9 Å². The van der Waals surface area contributed by atoms with Crippen molar-refractivity contribution in [2.75, 3.05) is 11.1 Å². The molecule has 1 amide bonds. The number of rotatable bonds is 7. The highest BCUT2D eigenvalue weighted by atomic mass is 32.2. The van der Waals surface area contributed by atoms with Crippen molar-refractivity contribution < 1.29 is 4.79 Å². The number of amides is 1. The van der Waals surface area contributed by atoms with Crippen molar-refractivity contribution in [1.29, 1.82) is 0 Å². The molecule has 0 atom stereocenters. The minimum Gasteiger partial charge on any atom is -0.296 e. The maximum Gasteiger partial charge on any atom is 0.257 e. The molecule has 0 unspecified atom stereocenters. The zero-order valence-corrected chi connectivity index (χ0v) is 15.6. The van der Waals surface area contributed by atoms with Crippen LogP contribution in [0.5, 0.6) is 0 Å². The van der Waals surface area contributed by atoms with Crippen LogP contribution in [0, 0.1) is 6.92 Å². The van der Waals surface area contributed by atoms with Crippen LogP contribution in [-0.4, -0.2) is 21.9 Å². The molecule has 2 aromatic carbocycles. The Hall–Kier alpha value is -2.18. The summed E-state index contributed by atoms with van der Waals surface area (Å²) in [5, 5.41) is 11.5. The van der Waals surface area contributed by atoms with Crippen molar-refractivity contribution in [2.45, 2.75) is 24.1 Å². The van der Waals surface area contributed by atoms with Crippen LogP contribution in [0.1, 0.15) is 27.9 Å². The second kappa shape index (κ2) is 8.78. The number of thioether (sulfide) groups is 1. The van der Waals surface area contributed by atoms with Crippen molar-refractivity contribution >= 4 is 34.1 Å². The second-order valence-corrected chi connectivity index (χ2v) is 7.95. The summed E-state index contributed by atoms with van der Waals surface area (Å²) < 4.78 is 0.882. The van der Waals surface area contributed by atoms with E-state index in [0.29, 0.717) is 10.7 Å². The van der Waals surface area contributed by atoms with Gasteiger partial charge in [-0.3, -0.25) is 10.1 Å². The second-order valence-electron chi connectivity index (χ2n) is 5.63. The van der Waals surface area contributed by atoms with Crippen LogP contribution >= 0.6 is 23.1 Å². The Morgan fingerprint density at radius 2 is 1.84 bits per heavy atom. The molecule has 0 bridgehead atoms. The summed E-state index contributed by atoms with van der Waals surface area (Å²) in [6.45, 7) is 1.99. The van der Waals surface area contributed by atoms with Gasteiger partial charge in [0, 0.05) is 11.3 Å². The number of aryl methyl sites for hydroxylation is 2. The third-order valence-electron chi connectivity index (χ3n) is 3.62. The number of hydrogen-bond acceptors (Lipinski definition) is 5. The minimum absolute atomic E-state index is 0.156. The van der Waals surface area contributed by atoms with Crippen molar-refractivity contribution in [3.63, 3.8) is 0 Å². The van der Waals surface area contributed by atoms with E-state index in [1.165, 1.54) is 16.9 Å². The number of anilines is 1. The highest BCUT2D eigenvalue weighted by Gasteiger charge is 2.10. The van der Waals surface area contributed by atoms with E-state index in [1.807, 2.05) is 37.3 Å². The van der Waals surface area contributed by atoms with Gasteiger partial charge in [-0.2, -0.15) is 0 Å². The van der Waals surface area contributed by atoms with Gasteiger partial charge < -0.3 is 0 Å². The lowest BCUT2D eigenvalue weighted by molar-refractivity contribution is 0.102. The summed E-state index contributed by atoms with van der Waals surface area (Å²) in [6.07, 6.45) is 2.14. The molecule has 0 aliphatic carbocycles. The molecule has 25 heavy (non-hydrogen) atoms. The summed E-state index contributed by atoms with van der Waals surface area (Å²) in [7, 11) is 0. The van der Waals surface area contributed by atoms with Crippen molar-refractivity contribution in [2.24, 2.45) is 0 Å². The molecular formula is C19H19N3OS2. The Morgan fingerprint density at radius 1 is 1.08 bits per heavy atom. The zero-order chi connectivity index (χ0) is 17.5. The largest absolute Gasteiger partial charge is 0.296 e. The SMILES string of the molecule is Cc1ccc(C(=O)Nc2nnc(SCCCc3ccccc3)s2)cc1. The van der Waals surface area contributed by atoms with Crippen LogP contribution in [0.4, 0.5) is 5.13 Å². The average Bonchev–Trinajstić information content (AvgIpc) is 3.07. The van der Waals surface area contributed by atoms with Gasteiger partial charge >= 0.3 is 0 Å². The molecule has 0 saturated heterocycles. The van der Waals surface area contributed by atoms with Gasteiger partial charge in [0.15, 0.2) is 4.34 Å². The molecule has 6 heteroatoms. The first-order chi connectivity index (χ1) is 12.2. The van der Waals surface area contributed by atoms with Gasteiger partial charge in [0.05, 0.1) is 0 Å². The van der Waals surface area contributed by atoms with E-state index >= 15 is 0 Å². The summed E-state index contributed by atoms with van der Waals surface area (Å²) in [4.78, 5) is 12.2. The Bertz CT molecular complexity index is 816. The van der Waals surface area contributed by atoms with E-state index < -0.39 is 0 Å². The number of benzene rings is 2. The molecule has 128 valence electrons. The lowest BCUT2D eigenvalue weighted by atomic mass is 10.1. The minimum atomic E-state index is -0.156. The number of carbonyl (C=O) groups is 1. The molecule has 1 heterocycles. The van der Waals surface area contributed by atoms with Gasteiger partial charge in [-0.05, 0) is 37.5 Å². The molecule has 4 nitrogen and oxygen atoms in total. The van der Waals surface area contributed by atoms with E-state index in [1.54, 1.807) is 11.8 Å². The Kier molecular flexibility index (Phi) is 6.19. The molecular weight excluding hydrogens is 350 g/mol. The fourth-order valence-electron chi connectivity index (χ4n) is 2.27. The van der Waals surface area contributed by atoms with Gasteiger partial charge in [0.25, 0.3) is 5.91 Å². The molecule has 0 radical (unpaired) electrons. The van der Waals surface area contributed by atoms with Crippen LogP contribution in [0.3, 0.4) is 0 Å². The molecule has 1 N–H and O–H groups in total. The van der Waals surface area contributed by atoms with Gasteiger partial charge in [-0.25, -0.2) is 0 Å². The van der Waals surface area contributed by atoms with Crippen LogP contribution < -0.4 is 5.32 Å². The predicted molar refractivity (Wildman–Crippen MR) is 105 cm³/mol. The van der Waals surface area contributed by atoms with Crippen LogP contribution in [0.25, 0.3) is 0 Å². The van der Waals surface area contributed by atoms with Gasteiger partial charge in [-0.15, -0.1) is 10.2 Å². The lowest BCUT2D eigenvalue weighted by Gasteiger charge is -2.01. The predicted octanol–water partition coefficient (Wildman–Crippen LogP) is 4.82. The van der Waals surface area contributed by atoms with Gasteiger partial charge in [-0.1, -0.05) is 71.1 Å². The quantitative estimate of drug-likeness (QED) is 0.368. The normalized spacial score (nSPS) is 10.6. The monoisotopic (exact) mass is 369 g/mol. The van der Waals surface area contributed by atoms with E-state index in [2.05, 4.69) is 39.8 Å². The van der Waals surface area contributed by atoms with E-state index in [0.717, 1.165) is 28.5 Å². The Labute approximate surface area is 155 Å². The first kappa shape index (κ1) is 17.6. The standard InChI is InChI=1S/C19H19N3OS2/c1-14-9-11-16(12-10-14)17(23)20-18-21-22-19(25-18)24-13-5-8-15-6-3-2-4-7-15/h2-4,6-7,9-12H,5,8,13H2,1H3,(H,20,21,23). The van der Waals surface area contributed by atoms with Crippen LogP contribution in [0.15, 0.2) is 58.9 Å². The van der Waals surface area contributed by atoms with E-state index in [4.69, 9.17) is 0 Å². The number of hydrogen-bond donors (Lipinski definition) is 1. The van der Waals surface area contributed by atoms with Crippen molar-refractivity contribution in [3.05, 3.63) is 71.3 Å². The number of nitrogens with zero attached hydrogens (tertiary/aromatic N) is 2. The summed E-state index contributed by atoms with van der Waals surface area (Å²) >= 11 is 3.09. The molecule has 0 aliphatic rings. The Balaban J connectivity index is 1.45. The van der Waals surface area contributed by atoms with Crippen LogP contribution in [0.2, 0.25) is 0 Å². The van der Waals surface area contributed by atoms with Gasteiger partial charge in [0.1, 0.15) is 0 Å². The summed E-state index contributed by atoms with van der Waals surface area (Å²) in [5.41, 5.74) is 3.10. The highest BCUT2D eigenvalue weighted by molar-refractivity contribution is 8.01. The van der Waals surface area contributed by atoms with E-state index in [-0.39, 0.29) is 5.91 Å². The van der Waals surface area contributed by atoms with E-state index in [9.17, 15) is 4.79 Å². The molecule has 1 aromatic heterocycles. The highest BCUT2D eigenvalue weighted by Crippen LogP contribution is 2.26. The van der Waals surface area contributed by atoms with Crippen LogP contribution in [-0.2, 0) is 6.42 Å². The molecule has 3 rings (SSSR count).